The maximum atomic E-state index is 12.1. The molecule has 0 amide bonds. The lowest BCUT2D eigenvalue weighted by Gasteiger charge is -2.12. The Labute approximate surface area is 124 Å². The van der Waals surface area contributed by atoms with E-state index in [9.17, 15) is 13.2 Å². The van der Waals surface area contributed by atoms with Crippen molar-refractivity contribution in [2.75, 3.05) is 6.54 Å². The fourth-order valence-corrected chi connectivity index (χ4v) is 3.56. The predicted octanol–water partition coefficient (Wildman–Crippen LogP) is 1.89. The summed E-state index contributed by atoms with van der Waals surface area (Å²) in [5.41, 5.74) is 1.24. The van der Waals surface area contributed by atoms with Gasteiger partial charge in [-0.2, -0.15) is 0 Å². The van der Waals surface area contributed by atoms with Gasteiger partial charge in [0, 0.05) is 19.8 Å². The summed E-state index contributed by atoms with van der Waals surface area (Å²) in [6.07, 6.45) is 8.68. The van der Waals surface area contributed by atoms with E-state index in [1.54, 1.807) is 0 Å². The summed E-state index contributed by atoms with van der Waals surface area (Å²) in [4.78, 5) is 10.9. The highest BCUT2D eigenvalue weighted by molar-refractivity contribution is 7.89. The zero-order valence-electron chi connectivity index (χ0n) is 12.0. The summed E-state index contributed by atoms with van der Waals surface area (Å²) >= 11 is 0. The van der Waals surface area contributed by atoms with Crippen molar-refractivity contribution in [2.24, 2.45) is 7.05 Å². The molecule has 0 atom stereocenters. The van der Waals surface area contributed by atoms with Crippen molar-refractivity contribution in [1.29, 1.82) is 0 Å². The molecule has 1 aliphatic carbocycles. The molecule has 0 aromatic carbocycles. The number of aromatic nitrogens is 1. The molecular weight excluding hydrogens is 292 g/mol. The van der Waals surface area contributed by atoms with Gasteiger partial charge in [-0.15, -0.1) is 0 Å². The first kappa shape index (κ1) is 15.8. The van der Waals surface area contributed by atoms with Gasteiger partial charge in [-0.3, -0.25) is 0 Å². The third-order valence-electron chi connectivity index (χ3n) is 3.63. The van der Waals surface area contributed by atoms with Crippen molar-refractivity contribution in [3.05, 3.63) is 29.6 Å². The van der Waals surface area contributed by atoms with Gasteiger partial charge < -0.3 is 9.67 Å². The van der Waals surface area contributed by atoms with Crippen LogP contribution in [0.4, 0.5) is 0 Å². The van der Waals surface area contributed by atoms with Gasteiger partial charge in [0.25, 0.3) is 0 Å². The van der Waals surface area contributed by atoms with Crippen LogP contribution in [0, 0.1) is 0 Å². The van der Waals surface area contributed by atoms with Crippen LogP contribution in [0.1, 0.15) is 42.6 Å². The lowest BCUT2D eigenvalue weighted by atomic mass is 9.97. The molecule has 0 saturated heterocycles. The number of carbonyl (C=O) groups is 1. The van der Waals surface area contributed by atoms with Gasteiger partial charge in [-0.05, 0) is 38.2 Å². The van der Waals surface area contributed by atoms with Crippen molar-refractivity contribution >= 4 is 16.0 Å². The van der Waals surface area contributed by atoms with Gasteiger partial charge in [0.1, 0.15) is 10.6 Å². The zero-order valence-corrected chi connectivity index (χ0v) is 12.8. The zero-order chi connectivity index (χ0) is 15.5. The average molecular weight is 312 g/mol. The number of hydrogen-bond donors (Lipinski definition) is 2. The van der Waals surface area contributed by atoms with Gasteiger partial charge in [0.05, 0.1) is 0 Å². The van der Waals surface area contributed by atoms with Crippen LogP contribution in [0.3, 0.4) is 0 Å². The maximum Gasteiger partial charge on any atom is 0.352 e. The number of aryl methyl sites for hydroxylation is 1. The molecule has 0 radical (unpaired) electrons. The second-order valence-electron chi connectivity index (χ2n) is 5.23. The number of nitrogens with zero attached hydrogens (tertiary/aromatic N) is 1. The normalized spacial score (nSPS) is 15.8. The van der Waals surface area contributed by atoms with Gasteiger partial charge in [0.15, 0.2) is 0 Å². The van der Waals surface area contributed by atoms with Crippen molar-refractivity contribution in [3.63, 3.8) is 0 Å². The van der Waals surface area contributed by atoms with Crippen LogP contribution >= 0.6 is 0 Å². The Hall–Kier alpha value is -1.60. The topological polar surface area (TPSA) is 88.4 Å². The molecule has 0 unspecified atom stereocenters. The molecule has 116 valence electrons. The van der Waals surface area contributed by atoms with Crippen LogP contribution in [-0.4, -0.2) is 30.6 Å². The number of hydrogen-bond acceptors (Lipinski definition) is 3. The lowest BCUT2D eigenvalue weighted by molar-refractivity contribution is 0.0686. The van der Waals surface area contributed by atoms with Crippen molar-refractivity contribution in [1.82, 2.24) is 9.29 Å². The minimum absolute atomic E-state index is 0.0139. The smallest absolute Gasteiger partial charge is 0.352 e. The molecular formula is C14H20N2O4S. The molecule has 1 aromatic rings. The highest BCUT2D eigenvalue weighted by Crippen LogP contribution is 2.20. The molecule has 0 bridgehead atoms. The SMILES string of the molecule is Cn1cc(S(=O)(=O)NCCC2=CCCCC2)cc1C(=O)O. The summed E-state index contributed by atoms with van der Waals surface area (Å²) < 4.78 is 28.1. The van der Waals surface area contributed by atoms with Gasteiger partial charge in [-0.25, -0.2) is 17.9 Å². The fraction of sp³-hybridized carbons (Fsp3) is 0.500. The van der Waals surface area contributed by atoms with E-state index in [0.29, 0.717) is 13.0 Å². The van der Waals surface area contributed by atoms with E-state index in [2.05, 4.69) is 10.8 Å². The number of carboxylic acids is 1. The van der Waals surface area contributed by atoms with E-state index in [1.807, 2.05) is 0 Å². The van der Waals surface area contributed by atoms with Gasteiger partial charge >= 0.3 is 5.97 Å². The van der Waals surface area contributed by atoms with E-state index >= 15 is 0 Å². The summed E-state index contributed by atoms with van der Waals surface area (Å²) in [6.45, 7) is 0.339. The van der Waals surface area contributed by atoms with E-state index in [-0.39, 0.29) is 10.6 Å². The Morgan fingerprint density at radius 1 is 1.43 bits per heavy atom. The summed E-state index contributed by atoms with van der Waals surface area (Å²) in [7, 11) is -2.15. The molecule has 1 aromatic heterocycles. The van der Waals surface area contributed by atoms with E-state index in [1.165, 1.54) is 42.3 Å². The predicted molar refractivity (Wildman–Crippen MR) is 78.7 cm³/mol. The largest absolute Gasteiger partial charge is 0.477 e. The molecule has 0 spiro atoms. The molecule has 6 nitrogen and oxygen atoms in total. The Morgan fingerprint density at radius 3 is 2.76 bits per heavy atom. The molecule has 0 aliphatic heterocycles. The molecule has 1 aliphatic rings. The number of sulfonamides is 1. The van der Waals surface area contributed by atoms with E-state index in [0.717, 1.165) is 12.8 Å². The van der Waals surface area contributed by atoms with Crippen molar-refractivity contribution < 1.29 is 18.3 Å². The second kappa shape index (κ2) is 6.44. The van der Waals surface area contributed by atoms with Crippen molar-refractivity contribution in [3.8, 4) is 0 Å². The molecule has 2 N–H and O–H groups in total. The third kappa shape index (κ3) is 3.95. The monoisotopic (exact) mass is 312 g/mol. The average Bonchev–Trinajstić information content (AvgIpc) is 2.83. The number of rotatable bonds is 6. The number of carboxylic acid groups (broad SMARTS) is 1. The van der Waals surface area contributed by atoms with E-state index in [4.69, 9.17) is 5.11 Å². The fourth-order valence-electron chi connectivity index (χ4n) is 2.45. The molecule has 1 heterocycles. The maximum absolute atomic E-state index is 12.1. The minimum atomic E-state index is -3.66. The molecule has 21 heavy (non-hydrogen) atoms. The van der Waals surface area contributed by atoms with Crippen LogP contribution < -0.4 is 4.72 Å². The van der Waals surface area contributed by atoms with Gasteiger partial charge in [-0.1, -0.05) is 11.6 Å². The second-order valence-corrected chi connectivity index (χ2v) is 7.00. The summed E-state index contributed by atoms with van der Waals surface area (Å²) in [6, 6.07) is 1.17. The highest BCUT2D eigenvalue weighted by atomic mass is 32.2. The van der Waals surface area contributed by atoms with Crippen LogP contribution in [0.2, 0.25) is 0 Å². The molecule has 0 fully saturated rings. The summed E-state index contributed by atoms with van der Waals surface area (Å²) in [5, 5.41) is 8.95. The molecule has 7 heteroatoms. The number of allylic oxidation sites excluding steroid dienone is 1. The lowest BCUT2D eigenvalue weighted by Crippen LogP contribution is -2.25. The molecule has 2 rings (SSSR count). The molecule has 0 saturated carbocycles. The third-order valence-corrected chi connectivity index (χ3v) is 5.06. The highest BCUT2D eigenvalue weighted by Gasteiger charge is 2.19. The Morgan fingerprint density at radius 2 is 2.19 bits per heavy atom. The Bertz CT molecular complexity index is 659. The number of aromatic carboxylic acids is 1. The minimum Gasteiger partial charge on any atom is -0.477 e. The Kier molecular flexibility index (Phi) is 4.84. The van der Waals surface area contributed by atoms with Gasteiger partial charge in [0.2, 0.25) is 10.0 Å². The summed E-state index contributed by atoms with van der Waals surface area (Å²) in [5.74, 6) is -1.15. The first-order valence-corrected chi connectivity index (χ1v) is 8.46. The van der Waals surface area contributed by atoms with Crippen LogP contribution in [0.25, 0.3) is 0 Å². The standard InChI is InChI=1S/C14H20N2O4S/c1-16-10-12(9-13(16)14(17)18)21(19,20)15-8-7-11-5-3-2-4-6-11/h5,9-10,15H,2-4,6-8H2,1H3,(H,17,18). The first-order valence-electron chi connectivity index (χ1n) is 6.97. The van der Waals surface area contributed by atoms with Crippen LogP contribution in [0.5, 0.6) is 0 Å². The van der Waals surface area contributed by atoms with Crippen LogP contribution in [-0.2, 0) is 17.1 Å². The number of nitrogens with one attached hydrogen (secondary N) is 1. The quantitative estimate of drug-likeness (QED) is 0.785. The first-order chi connectivity index (χ1) is 9.90. The Balaban J connectivity index is 1.99. The van der Waals surface area contributed by atoms with Crippen molar-refractivity contribution in [2.45, 2.75) is 37.0 Å². The van der Waals surface area contributed by atoms with E-state index < -0.39 is 16.0 Å². The van der Waals surface area contributed by atoms with Crippen LogP contribution in [0.15, 0.2) is 28.8 Å².